The molecule has 1 aliphatic rings. The molecular weight excluding hydrogens is 574 g/mol. The third kappa shape index (κ3) is 7.48. The molecule has 1 fully saturated rings. The molecule has 0 aromatic heterocycles. The quantitative estimate of drug-likeness (QED) is 0.209. The molecule has 4 rings (SSSR count). The van der Waals surface area contributed by atoms with Gasteiger partial charge in [-0.2, -0.15) is 5.01 Å². The van der Waals surface area contributed by atoms with Gasteiger partial charge in [-0.05, 0) is 84.7 Å². The monoisotopic (exact) mass is 605 g/mol. The maximum absolute atomic E-state index is 13.1. The van der Waals surface area contributed by atoms with Crippen molar-refractivity contribution in [3.8, 4) is 17.2 Å². The van der Waals surface area contributed by atoms with E-state index < -0.39 is 11.8 Å². The number of para-hydroxylation sites is 1. The van der Waals surface area contributed by atoms with Crippen LogP contribution in [0, 0.1) is 0 Å². The lowest BCUT2D eigenvalue weighted by atomic mass is 10.0. The predicted molar refractivity (Wildman–Crippen MR) is 168 cm³/mol. The number of rotatable bonds is 11. The lowest BCUT2D eigenvalue weighted by molar-refractivity contribution is -0.123. The first kappa shape index (κ1) is 30.6. The van der Waals surface area contributed by atoms with Crippen LogP contribution in [0.1, 0.15) is 48.2 Å². The van der Waals surface area contributed by atoms with E-state index in [0.29, 0.717) is 39.9 Å². The number of thiocarbonyl (C=S) groups is 1. The van der Waals surface area contributed by atoms with Gasteiger partial charge in [0.25, 0.3) is 17.7 Å². The number of amides is 3. The van der Waals surface area contributed by atoms with Gasteiger partial charge in [0.1, 0.15) is 5.75 Å². The summed E-state index contributed by atoms with van der Waals surface area (Å²) >= 11 is 6.42. The first-order valence-electron chi connectivity index (χ1n) is 13.2. The number of nitrogens with zero attached hydrogens (tertiary/aromatic N) is 1. The number of benzene rings is 3. The minimum Gasteiger partial charge on any atom is -0.497 e. The molecule has 3 amide bonds. The van der Waals surface area contributed by atoms with Crippen LogP contribution < -0.4 is 25.0 Å². The smallest absolute Gasteiger partial charge is 0.285 e. The van der Waals surface area contributed by atoms with Gasteiger partial charge in [-0.1, -0.05) is 49.9 Å². The normalized spacial score (nSPS) is 13.8. The van der Waals surface area contributed by atoms with E-state index in [0.717, 1.165) is 28.0 Å². The molecule has 9 nitrogen and oxygen atoms in total. The Balaban J connectivity index is 1.43. The topological polar surface area (TPSA) is 106 Å². The van der Waals surface area contributed by atoms with Gasteiger partial charge in [-0.25, -0.2) is 0 Å². The van der Waals surface area contributed by atoms with E-state index in [9.17, 15) is 14.4 Å². The first-order valence-corrected chi connectivity index (χ1v) is 14.4. The molecule has 2 N–H and O–H groups in total. The van der Waals surface area contributed by atoms with Crippen LogP contribution in [0.3, 0.4) is 0 Å². The maximum Gasteiger partial charge on any atom is 0.285 e. The Morgan fingerprint density at radius 1 is 1.02 bits per heavy atom. The third-order valence-corrected chi connectivity index (χ3v) is 7.44. The summed E-state index contributed by atoms with van der Waals surface area (Å²) in [6.07, 6.45) is 1.65. The molecule has 3 aromatic carbocycles. The third-order valence-electron chi connectivity index (χ3n) is 6.14. The van der Waals surface area contributed by atoms with Gasteiger partial charge in [0.15, 0.2) is 22.4 Å². The summed E-state index contributed by atoms with van der Waals surface area (Å²) in [6.45, 7) is 6.12. The van der Waals surface area contributed by atoms with Crippen molar-refractivity contribution in [2.24, 2.45) is 0 Å². The summed E-state index contributed by atoms with van der Waals surface area (Å²) in [5.41, 5.74) is 5.35. The van der Waals surface area contributed by atoms with E-state index in [-0.39, 0.29) is 22.8 Å². The van der Waals surface area contributed by atoms with Crippen LogP contribution in [-0.4, -0.2) is 47.4 Å². The van der Waals surface area contributed by atoms with Crippen LogP contribution in [0.4, 0.5) is 5.69 Å². The van der Waals surface area contributed by atoms with Crippen molar-refractivity contribution in [3.63, 3.8) is 0 Å². The molecule has 1 aliphatic heterocycles. The van der Waals surface area contributed by atoms with E-state index in [2.05, 4.69) is 24.6 Å². The molecule has 0 bridgehead atoms. The molecular formula is C31H31N3O6S2. The van der Waals surface area contributed by atoms with Crippen molar-refractivity contribution in [2.75, 3.05) is 25.6 Å². The SMILES string of the molecule is CCOc1cc(/C=C2/SC(=S)N(NC(=O)c3ccc(OC)cc3)C2=O)ccc1OCC(=O)Nc1ccccc1C(C)C. The van der Waals surface area contributed by atoms with E-state index in [4.69, 9.17) is 26.4 Å². The van der Waals surface area contributed by atoms with Crippen molar-refractivity contribution >= 4 is 57.8 Å². The Morgan fingerprint density at radius 2 is 1.76 bits per heavy atom. The summed E-state index contributed by atoms with van der Waals surface area (Å²) in [4.78, 5) is 38.7. The summed E-state index contributed by atoms with van der Waals surface area (Å²) in [5.74, 6) is 0.444. The fourth-order valence-corrected chi connectivity index (χ4v) is 5.25. The Bertz CT molecular complexity index is 1520. The van der Waals surface area contributed by atoms with Gasteiger partial charge in [-0.15, -0.1) is 0 Å². The van der Waals surface area contributed by atoms with Crippen LogP contribution in [0.5, 0.6) is 17.2 Å². The second kappa shape index (κ2) is 14.0. The lowest BCUT2D eigenvalue weighted by Crippen LogP contribution is -2.44. The van der Waals surface area contributed by atoms with Gasteiger partial charge in [0.05, 0.1) is 18.6 Å². The van der Waals surface area contributed by atoms with Crippen molar-refractivity contribution in [1.82, 2.24) is 10.4 Å². The molecule has 3 aromatic rings. The van der Waals surface area contributed by atoms with Crippen LogP contribution in [-0.2, 0) is 9.59 Å². The average Bonchev–Trinajstić information content (AvgIpc) is 3.24. The Hall–Kier alpha value is -4.35. The second-order valence-corrected chi connectivity index (χ2v) is 11.1. The molecule has 42 heavy (non-hydrogen) atoms. The highest BCUT2D eigenvalue weighted by molar-refractivity contribution is 8.26. The average molecular weight is 606 g/mol. The van der Waals surface area contributed by atoms with E-state index >= 15 is 0 Å². The Kier molecular flexibility index (Phi) is 10.2. The Morgan fingerprint density at radius 3 is 2.45 bits per heavy atom. The highest BCUT2D eigenvalue weighted by Gasteiger charge is 2.34. The zero-order chi connectivity index (χ0) is 30.2. The molecule has 1 saturated heterocycles. The number of carbonyl (C=O) groups excluding carboxylic acids is 3. The van der Waals surface area contributed by atoms with Crippen LogP contribution in [0.2, 0.25) is 0 Å². The molecule has 0 aliphatic carbocycles. The molecule has 11 heteroatoms. The van der Waals surface area contributed by atoms with E-state index in [1.807, 2.05) is 31.2 Å². The molecule has 0 saturated carbocycles. The molecule has 0 unspecified atom stereocenters. The number of methoxy groups -OCH3 is 1. The fraction of sp³-hybridized carbons (Fsp3) is 0.226. The zero-order valence-electron chi connectivity index (χ0n) is 23.6. The zero-order valence-corrected chi connectivity index (χ0v) is 25.3. The number of thioether (sulfide) groups is 1. The van der Waals surface area contributed by atoms with Gasteiger partial charge in [0.2, 0.25) is 0 Å². The van der Waals surface area contributed by atoms with Crippen LogP contribution in [0.25, 0.3) is 6.08 Å². The van der Waals surface area contributed by atoms with Crippen molar-refractivity contribution in [1.29, 1.82) is 0 Å². The van der Waals surface area contributed by atoms with E-state index in [1.165, 1.54) is 7.11 Å². The highest BCUT2D eigenvalue weighted by atomic mass is 32.2. The first-order chi connectivity index (χ1) is 20.2. The summed E-state index contributed by atoms with van der Waals surface area (Å²) < 4.78 is 16.9. The molecule has 1 heterocycles. The Labute approximate surface area is 254 Å². The summed E-state index contributed by atoms with van der Waals surface area (Å²) in [6, 6.07) is 19.3. The van der Waals surface area contributed by atoms with Gasteiger partial charge >= 0.3 is 0 Å². The summed E-state index contributed by atoms with van der Waals surface area (Å²) in [7, 11) is 1.53. The second-order valence-electron chi connectivity index (χ2n) is 9.40. The van der Waals surface area contributed by atoms with Crippen molar-refractivity contribution in [2.45, 2.75) is 26.7 Å². The van der Waals surface area contributed by atoms with Gasteiger partial charge in [0, 0.05) is 11.3 Å². The number of hydrogen-bond donors (Lipinski definition) is 2. The number of ether oxygens (including phenoxy) is 3. The van der Waals surface area contributed by atoms with Crippen LogP contribution >= 0.6 is 24.0 Å². The van der Waals surface area contributed by atoms with Crippen LogP contribution in [0.15, 0.2) is 71.6 Å². The fourth-order valence-electron chi connectivity index (χ4n) is 4.07. The minimum atomic E-state index is -0.480. The van der Waals surface area contributed by atoms with E-state index in [1.54, 1.807) is 48.5 Å². The van der Waals surface area contributed by atoms with Gasteiger partial charge in [-0.3, -0.25) is 19.8 Å². The van der Waals surface area contributed by atoms with Crippen molar-refractivity contribution < 1.29 is 28.6 Å². The number of hydrogen-bond acceptors (Lipinski definition) is 8. The van der Waals surface area contributed by atoms with Crippen molar-refractivity contribution in [3.05, 3.63) is 88.3 Å². The minimum absolute atomic E-state index is 0.197. The number of carbonyl (C=O) groups is 3. The largest absolute Gasteiger partial charge is 0.497 e. The maximum atomic E-state index is 13.1. The molecule has 0 atom stereocenters. The number of nitrogens with one attached hydrogen (secondary N) is 2. The molecule has 218 valence electrons. The highest BCUT2D eigenvalue weighted by Crippen LogP contribution is 2.34. The summed E-state index contributed by atoms with van der Waals surface area (Å²) in [5, 5.41) is 3.96. The number of anilines is 1. The standard InChI is InChI=1S/C31H31N3O6S2/c1-5-39-26-16-20(10-15-25(26)40-18-28(35)32-24-9-7-6-8-23(24)19(2)3)17-27-30(37)34(31(41)42-27)33-29(36)21-11-13-22(38-4)14-12-21/h6-17,19H,5,18H2,1-4H3,(H,32,35)(H,33,36)/b27-17+. The molecule has 0 radical (unpaired) electrons. The van der Waals surface area contributed by atoms with Gasteiger partial charge < -0.3 is 19.5 Å². The lowest BCUT2D eigenvalue weighted by Gasteiger charge is -2.16. The predicted octanol–water partition coefficient (Wildman–Crippen LogP) is 5.78. The number of hydrazine groups is 1. The molecule has 0 spiro atoms.